The van der Waals surface area contributed by atoms with Crippen LogP contribution in [0.4, 0.5) is 5.69 Å². The van der Waals surface area contributed by atoms with Gasteiger partial charge in [0.2, 0.25) is 0 Å². The number of hydrogen-bond donors (Lipinski definition) is 1. The SMILES string of the molecule is NCc1ccc([N+](=O)[O-])c(OCCC2CC2)c1. The van der Waals surface area contributed by atoms with E-state index in [2.05, 4.69) is 0 Å². The van der Waals surface area contributed by atoms with Gasteiger partial charge in [-0.2, -0.15) is 0 Å². The molecule has 5 heteroatoms. The molecule has 1 fully saturated rings. The number of nitro groups is 1. The van der Waals surface area contributed by atoms with Gasteiger partial charge in [-0.15, -0.1) is 0 Å². The number of benzene rings is 1. The van der Waals surface area contributed by atoms with Crippen LogP contribution in [-0.2, 0) is 6.54 Å². The van der Waals surface area contributed by atoms with Crippen molar-refractivity contribution in [3.05, 3.63) is 33.9 Å². The first-order valence-electron chi connectivity index (χ1n) is 5.81. The van der Waals surface area contributed by atoms with E-state index in [4.69, 9.17) is 10.5 Å². The fourth-order valence-electron chi connectivity index (χ4n) is 1.69. The van der Waals surface area contributed by atoms with Gasteiger partial charge >= 0.3 is 5.69 Å². The Hall–Kier alpha value is -1.62. The minimum atomic E-state index is -0.424. The Balaban J connectivity index is 2.06. The summed E-state index contributed by atoms with van der Waals surface area (Å²) in [6.45, 7) is 0.899. The summed E-state index contributed by atoms with van der Waals surface area (Å²) in [6.07, 6.45) is 3.49. The van der Waals surface area contributed by atoms with Crippen molar-refractivity contribution in [3.8, 4) is 5.75 Å². The van der Waals surface area contributed by atoms with Crippen LogP contribution in [-0.4, -0.2) is 11.5 Å². The van der Waals surface area contributed by atoms with E-state index in [1.54, 1.807) is 12.1 Å². The highest BCUT2D eigenvalue weighted by atomic mass is 16.6. The van der Waals surface area contributed by atoms with Crippen LogP contribution in [0.5, 0.6) is 5.75 Å². The molecular weight excluding hydrogens is 220 g/mol. The number of rotatable bonds is 6. The van der Waals surface area contributed by atoms with E-state index >= 15 is 0 Å². The van der Waals surface area contributed by atoms with Crippen molar-refractivity contribution in [2.75, 3.05) is 6.61 Å². The topological polar surface area (TPSA) is 78.4 Å². The van der Waals surface area contributed by atoms with Crippen molar-refractivity contribution in [3.63, 3.8) is 0 Å². The molecule has 0 unspecified atom stereocenters. The average molecular weight is 236 g/mol. The molecule has 1 saturated carbocycles. The van der Waals surface area contributed by atoms with Gasteiger partial charge < -0.3 is 10.5 Å². The Labute approximate surface area is 99.7 Å². The minimum absolute atomic E-state index is 0.0120. The van der Waals surface area contributed by atoms with Gasteiger partial charge in [-0.1, -0.05) is 18.9 Å². The third-order valence-corrected chi connectivity index (χ3v) is 2.94. The van der Waals surface area contributed by atoms with E-state index in [1.165, 1.54) is 18.9 Å². The van der Waals surface area contributed by atoms with E-state index in [0.29, 0.717) is 18.9 Å². The summed E-state index contributed by atoms with van der Waals surface area (Å²) in [4.78, 5) is 10.4. The van der Waals surface area contributed by atoms with Gasteiger partial charge in [0, 0.05) is 12.6 Å². The molecule has 2 N–H and O–H groups in total. The third kappa shape index (κ3) is 3.17. The lowest BCUT2D eigenvalue weighted by atomic mass is 10.2. The lowest BCUT2D eigenvalue weighted by Gasteiger charge is -2.07. The van der Waals surface area contributed by atoms with Gasteiger partial charge in [-0.05, 0) is 24.0 Å². The summed E-state index contributed by atoms with van der Waals surface area (Å²) in [5, 5.41) is 10.8. The highest BCUT2D eigenvalue weighted by molar-refractivity contribution is 5.48. The first-order valence-corrected chi connectivity index (χ1v) is 5.81. The molecule has 0 aliphatic heterocycles. The molecule has 0 spiro atoms. The van der Waals surface area contributed by atoms with E-state index in [9.17, 15) is 10.1 Å². The van der Waals surface area contributed by atoms with Crippen LogP contribution >= 0.6 is 0 Å². The zero-order valence-electron chi connectivity index (χ0n) is 9.59. The van der Waals surface area contributed by atoms with Crippen LogP contribution in [0.25, 0.3) is 0 Å². The zero-order chi connectivity index (χ0) is 12.3. The van der Waals surface area contributed by atoms with E-state index in [-0.39, 0.29) is 5.69 Å². The van der Waals surface area contributed by atoms with E-state index < -0.39 is 4.92 Å². The number of hydrogen-bond acceptors (Lipinski definition) is 4. The highest BCUT2D eigenvalue weighted by Crippen LogP contribution is 2.33. The van der Waals surface area contributed by atoms with Gasteiger partial charge in [0.15, 0.2) is 5.75 Å². The molecule has 92 valence electrons. The first kappa shape index (κ1) is 11.9. The molecule has 0 amide bonds. The lowest BCUT2D eigenvalue weighted by Crippen LogP contribution is -2.03. The molecular formula is C12H16N2O3. The van der Waals surface area contributed by atoms with Crippen LogP contribution in [0.2, 0.25) is 0 Å². The van der Waals surface area contributed by atoms with Crippen LogP contribution in [0, 0.1) is 16.0 Å². The van der Waals surface area contributed by atoms with Crippen molar-refractivity contribution in [2.45, 2.75) is 25.8 Å². The number of ether oxygens (including phenoxy) is 1. The molecule has 1 aromatic carbocycles. The molecule has 0 atom stereocenters. The van der Waals surface area contributed by atoms with Gasteiger partial charge in [-0.3, -0.25) is 10.1 Å². The Morgan fingerprint density at radius 2 is 2.24 bits per heavy atom. The molecule has 1 aromatic rings. The predicted molar refractivity (Wildman–Crippen MR) is 63.8 cm³/mol. The van der Waals surface area contributed by atoms with Gasteiger partial charge in [-0.25, -0.2) is 0 Å². The molecule has 0 radical (unpaired) electrons. The van der Waals surface area contributed by atoms with Crippen LogP contribution < -0.4 is 10.5 Å². The van der Waals surface area contributed by atoms with Crippen LogP contribution in [0.15, 0.2) is 18.2 Å². The normalized spacial score (nSPS) is 14.6. The average Bonchev–Trinajstić information content (AvgIpc) is 3.12. The lowest BCUT2D eigenvalue weighted by molar-refractivity contribution is -0.385. The van der Waals surface area contributed by atoms with Crippen molar-refractivity contribution >= 4 is 5.69 Å². The molecule has 5 nitrogen and oxygen atoms in total. The fraction of sp³-hybridized carbons (Fsp3) is 0.500. The van der Waals surface area contributed by atoms with Crippen molar-refractivity contribution < 1.29 is 9.66 Å². The quantitative estimate of drug-likeness (QED) is 0.606. The molecule has 0 saturated heterocycles. The highest BCUT2D eigenvalue weighted by Gasteiger charge is 2.22. The Morgan fingerprint density at radius 1 is 1.47 bits per heavy atom. The summed E-state index contributed by atoms with van der Waals surface area (Å²) in [5.74, 6) is 1.09. The predicted octanol–water partition coefficient (Wildman–Crippen LogP) is 2.23. The molecule has 0 aromatic heterocycles. The van der Waals surface area contributed by atoms with Crippen LogP contribution in [0.1, 0.15) is 24.8 Å². The summed E-state index contributed by atoms with van der Waals surface area (Å²) in [7, 11) is 0. The monoisotopic (exact) mass is 236 g/mol. The molecule has 17 heavy (non-hydrogen) atoms. The molecule has 0 heterocycles. The number of nitro benzene ring substituents is 1. The minimum Gasteiger partial charge on any atom is -0.487 e. The van der Waals surface area contributed by atoms with Crippen LogP contribution in [0.3, 0.4) is 0 Å². The standard InChI is InChI=1S/C12H16N2O3/c13-8-10-3-4-11(14(15)16)12(7-10)17-6-5-9-1-2-9/h3-4,7,9H,1-2,5-6,8,13H2. The molecule has 1 aliphatic carbocycles. The summed E-state index contributed by atoms with van der Waals surface area (Å²) >= 11 is 0. The Morgan fingerprint density at radius 3 is 2.82 bits per heavy atom. The largest absolute Gasteiger partial charge is 0.487 e. The molecule has 2 rings (SSSR count). The molecule has 0 bridgehead atoms. The van der Waals surface area contributed by atoms with Gasteiger partial charge in [0.1, 0.15) is 0 Å². The van der Waals surface area contributed by atoms with Crippen molar-refractivity contribution in [2.24, 2.45) is 11.7 Å². The maximum Gasteiger partial charge on any atom is 0.310 e. The molecule has 1 aliphatic rings. The fourth-order valence-corrected chi connectivity index (χ4v) is 1.69. The Kier molecular flexibility index (Phi) is 3.58. The maximum atomic E-state index is 10.8. The van der Waals surface area contributed by atoms with Crippen molar-refractivity contribution in [1.82, 2.24) is 0 Å². The summed E-state index contributed by atoms with van der Waals surface area (Å²) < 4.78 is 5.49. The summed E-state index contributed by atoms with van der Waals surface area (Å²) in [6, 6.07) is 4.77. The maximum absolute atomic E-state index is 10.8. The third-order valence-electron chi connectivity index (χ3n) is 2.94. The van der Waals surface area contributed by atoms with E-state index in [1.807, 2.05) is 0 Å². The first-order chi connectivity index (χ1) is 8.20. The van der Waals surface area contributed by atoms with Gasteiger partial charge in [0.25, 0.3) is 0 Å². The summed E-state index contributed by atoms with van der Waals surface area (Å²) in [5.41, 5.74) is 6.36. The second-order valence-electron chi connectivity index (χ2n) is 4.34. The van der Waals surface area contributed by atoms with Crippen molar-refractivity contribution in [1.29, 1.82) is 0 Å². The second-order valence-corrected chi connectivity index (χ2v) is 4.34. The van der Waals surface area contributed by atoms with Gasteiger partial charge in [0.05, 0.1) is 11.5 Å². The second kappa shape index (κ2) is 5.14. The zero-order valence-corrected chi connectivity index (χ0v) is 9.59. The Bertz CT molecular complexity index is 416. The number of nitrogens with two attached hydrogens (primary N) is 1. The smallest absolute Gasteiger partial charge is 0.310 e. The van der Waals surface area contributed by atoms with E-state index in [0.717, 1.165) is 17.9 Å². The number of nitrogens with zero attached hydrogens (tertiary/aromatic N) is 1.